The molecule has 2 aromatic carbocycles. The molecular formula is C28H34F3N7O3. The number of alkyl halides is 3. The van der Waals surface area contributed by atoms with Crippen LogP contribution in [0.3, 0.4) is 0 Å². The zero-order valence-electron chi connectivity index (χ0n) is 22.4. The average molecular weight is 574 g/mol. The highest BCUT2D eigenvalue weighted by molar-refractivity contribution is 6.03. The molecule has 0 spiro atoms. The number of anilines is 1. The smallest absolute Gasteiger partial charge is 0.340 e. The summed E-state index contributed by atoms with van der Waals surface area (Å²) in [5, 5.41) is 4.73. The first kappa shape index (κ1) is 31.5. The van der Waals surface area contributed by atoms with E-state index in [2.05, 4.69) is 10.3 Å². The number of carbonyl (C=O) groups is 3. The van der Waals surface area contributed by atoms with Crippen LogP contribution in [0.4, 0.5) is 18.9 Å². The zero-order chi connectivity index (χ0) is 30.0. The van der Waals surface area contributed by atoms with Crippen molar-refractivity contribution in [3.63, 3.8) is 0 Å². The molecule has 3 rings (SSSR count). The SMILES string of the molecule is NCCN(CCN)C(=O)C[C@H](N)C(=O)N[C@](CCc1ccccc1)(C(=O)Nc1cnc2ccccc2c1)C(F)(F)F. The second-order valence-electron chi connectivity index (χ2n) is 9.52. The summed E-state index contributed by atoms with van der Waals surface area (Å²) >= 11 is 0. The van der Waals surface area contributed by atoms with Crippen molar-refractivity contribution in [2.24, 2.45) is 17.2 Å². The van der Waals surface area contributed by atoms with E-state index in [0.717, 1.165) is 0 Å². The molecule has 0 aliphatic rings. The number of hydrogen-bond donors (Lipinski definition) is 5. The van der Waals surface area contributed by atoms with Crippen LogP contribution in [0.1, 0.15) is 18.4 Å². The molecule has 0 fully saturated rings. The van der Waals surface area contributed by atoms with Crippen LogP contribution in [0.5, 0.6) is 0 Å². The van der Waals surface area contributed by atoms with E-state index >= 15 is 0 Å². The number of benzene rings is 2. The second kappa shape index (κ2) is 14.0. The molecule has 41 heavy (non-hydrogen) atoms. The number of rotatable bonds is 13. The minimum absolute atomic E-state index is 0.00923. The summed E-state index contributed by atoms with van der Waals surface area (Å²) in [4.78, 5) is 44.6. The van der Waals surface area contributed by atoms with Crippen LogP contribution in [-0.4, -0.2) is 71.5 Å². The van der Waals surface area contributed by atoms with Gasteiger partial charge in [-0.1, -0.05) is 48.5 Å². The van der Waals surface area contributed by atoms with E-state index in [4.69, 9.17) is 17.2 Å². The van der Waals surface area contributed by atoms with E-state index in [0.29, 0.717) is 16.5 Å². The number of halogens is 3. The maximum atomic E-state index is 14.9. The van der Waals surface area contributed by atoms with Crippen LogP contribution in [0.15, 0.2) is 66.9 Å². The quantitative estimate of drug-likeness (QED) is 0.207. The van der Waals surface area contributed by atoms with Crippen molar-refractivity contribution in [3.05, 3.63) is 72.4 Å². The molecule has 0 bridgehead atoms. The van der Waals surface area contributed by atoms with Crippen molar-refractivity contribution in [1.29, 1.82) is 0 Å². The Morgan fingerprint density at radius 1 is 0.951 bits per heavy atom. The Morgan fingerprint density at radius 2 is 1.59 bits per heavy atom. The molecule has 3 aromatic rings. The van der Waals surface area contributed by atoms with Crippen molar-refractivity contribution in [2.45, 2.75) is 37.0 Å². The molecule has 1 heterocycles. The average Bonchev–Trinajstić information content (AvgIpc) is 2.94. The molecular weight excluding hydrogens is 539 g/mol. The van der Waals surface area contributed by atoms with E-state index < -0.39 is 48.3 Å². The molecule has 1 aromatic heterocycles. The number of nitrogens with zero attached hydrogens (tertiary/aromatic N) is 2. The molecule has 0 saturated heterocycles. The van der Waals surface area contributed by atoms with Crippen LogP contribution in [0, 0.1) is 0 Å². The number of para-hydroxylation sites is 1. The van der Waals surface area contributed by atoms with Gasteiger partial charge in [0.1, 0.15) is 0 Å². The number of amides is 3. The number of hydrogen-bond acceptors (Lipinski definition) is 7. The molecule has 2 atom stereocenters. The van der Waals surface area contributed by atoms with Gasteiger partial charge in [-0.2, -0.15) is 13.2 Å². The van der Waals surface area contributed by atoms with Gasteiger partial charge in [0.15, 0.2) is 0 Å². The van der Waals surface area contributed by atoms with Crippen LogP contribution in [-0.2, 0) is 20.8 Å². The summed E-state index contributed by atoms with van der Waals surface area (Å²) < 4.78 is 44.6. The van der Waals surface area contributed by atoms with Gasteiger partial charge in [-0.15, -0.1) is 0 Å². The molecule has 0 radical (unpaired) electrons. The van der Waals surface area contributed by atoms with E-state index in [1.54, 1.807) is 54.6 Å². The molecule has 10 nitrogen and oxygen atoms in total. The number of carbonyl (C=O) groups excluding carboxylic acids is 3. The summed E-state index contributed by atoms with van der Waals surface area (Å²) in [5.41, 5.74) is 14.6. The topological polar surface area (TPSA) is 169 Å². The number of nitrogens with one attached hydrogen (secondary N) is 2. The van der Waals surface area contributed by atoms with E-state index in [1.807, 2.05) is 5.32 Å². The first-order chi connectivity index (χ1) is 19.5. The Labute approximate surface area is 235 Å². The van der Waals surface area contributed by atoms with E-state index in [-0.39, 0.29) is 38.3 Å². The van der Waals surface area contributed by atoms with Gasteiger partial charge in [0.2, 0.25) is 17.4 Å². The largest absolute Gasteiger partial charge is 0.420 e. The Morgan fingerprint density at radius 3 is 2.22 bits per heavy atom. The lowest BCUT2D eigenvalue weighted by molar-refractivity contribution is -0.200. The fraction of sp³-hybridized carbons (Fsp3) is 0.357. The Balaban J connectivity index is 1.91. The Hall–Kier alpha value is -4.07. The lowest BCUT2D eigenvalue weighted by Gasteiger charge is -2.36. The van der Waals surface area contributed by atoms with Gasteiger partial charge in [0.25, 0.3) is 5.91 Å². The van der Waals surface area contributed by atoms with Crippen molar-refractivity contribution in [3.8, 4) is 0 Å². The highest BCUT2D eigenvalue weighted by Gasteiger charge is 2.61. The highest BCUT2D eigenvalue weighted by atomic mass is 19.4. The molecule has 220 valence electrons. The van der Waals surface area contributed by atoms with Gasteiger partial charge >= 0.3 is 6.18 Å². The van der Waals surface area contributed by atoms with Crippen molar-refractivity contribution in [1.82, 2.24) is 15.2 Å². The summed E-state index contributed by atoms with van der Waals surface area (Å²) in [6.07, 6.45) is -5.63. The van der Waals surface area contributed by atoms with Gasteiger partial charge in [-0.25, -0.2) is 0 Å². The third kappa shape index (κ3) is 7.99. The lowest BCUT2D eigenvalue weighted by Crippen LogP contribution is -2.68. The van der Waals surface area contributed by atoms with Crippen molar-refractivity contribution < 1.29 is 27.6 Å². The van der Waals surface area contributed by atoms with Gasteiger partial charge in [0, 0.05) is 31.6 Å². The van der Waals surface area contributed by atoms with Gasteiger partial charge in [0.05, 0.1) is 29.9 Å². The normalized spacial score (nSPS) is 13.7. The Kier molecular flexibility index (Phi) is 10.8. The standard InChI is InChI=1S/C28H34F3N7O3/c29-28(30,31)27(11-10-19-6-2-1-3-7-19,26(41)36-21-16-20-8-4-5-9-23(20)35-18-21)37-25(40)22(34)17-24(39)38(14-12-32)15-13-33/h1-9,16,18,22H,10-15,17,32-34H2,(H,36,41)(H,37,40)/t22-,27+/m0/s1. The van der Waals surface area contributed by atoms with E-state index in [9.17, 15) is 27.6 Å². The van der Waals surface area contributed by atoms with Crippen LogP contribution < -0.4 is 27.8 Å². The number of aryl methyl sites for hydroxylation is 1. The second-order valence-corrected chi connectivity index (χ2v) is 9.52. The van der Waals surface area contributed by atoms with Gasteiger partial charge in [-0.3, -0.25) is 19.4 Å². The maximum Gasteiger partial charge on any atom is 0.420 e. The van der Waals surface area contributed by atoms with Crippen LogP contribution in [0.2, 0.25) is 0 Å². The van der Waals surface area contributed by atoms with Gasteiger partial charge < -0.3 is 32.7 Å². The molecule has 8 N–H and O–H groups in total. The summed E-state index contributed by atoms with van der Waals surface area (Å²) in [5.74, 6) is -3.43. The lowest BCUT2D eigenvalue weighted by atomic mass is 9.88. The number of fused-ring (bicyclic) bond motifs is 1. The monoisotopic (exact) mass is 573 g/mol. The molecule has 13 heteroatoms. The first-order valence-electron chi connectivity index (χ1n) is 13.0. The van der Waals surface area contributed by atoms with Crippen LogP contribution in [0.25, 0.3) is 10.9 Å². The van der Waals surface area contributed by atoms with Crippen LogP contribution >= 0.6 is 0 Å². The minimum atomic E-state index is -5.24. The van der Waals surface area contributed by atoms with E-state index in [1.165, 1.54) is 17.2 Å². The number of pyridine rings is 1. The third-order valence-electron chi connectivity index (χ3n) is 6.57. The predicted octanol–water partition coefficient (Wildman–Crippen LogP) is 1.69. The fourth-order valence-corrected chi connectivity index (χ4v) is 4.31. The van der Waals surface area contributed by atoms with Crippen molar-refractivity contribution >= 4 is 34.3 Å². The molecule has 3 amide bonds. The number of aromatic nitrogens is 1. The molecule has 0 aliphatic heterocycles. The molecule has 0 saturated carbocycles. The summed E-state index contributed by atoms with van der Waals surface area (Å²) in [6, 6.07) is 14.9. The fourth-order valence-electron chi connectivity index (χ4n) is 4.31. The summed E-state index contributed by atoms with van der Waals surface area (Å²) in [7, 11) is 0. The number of nitrogens with two attached hydrogens (primary N) is 3. The first-order valence-corrected chi connectivity index (χ1v) is 13.0. The molecule has 0 aliphatic carbocycles. The zero-order valence-corrected chi connectivity index (χ0v) is 22.4. The Bertz CT molecular complexity index is 1330. The minimum Gasteiger partial charge on any atom is -0.340 e. The maximum absolute atomic E-state index is 14.9. The summed E-state index contributed by atoms with van der Waals surface area (Å²) in [6.45, 7) is 0.508. The third-order valence-corrected chi connectivity index (χ3v) is 6.57. The predicted molar refractivity (Wildman–Crippen MR) is 149 cm³/mol. The highest BCUT2D eigenvalue weighted by Crippen LogP contribution is 2.36. The van der Waals surface area contributed by atoms with Crippen molar-refractivity contribution in [2.75, 3.05) is 31.5 Å². The molecule has 0 unspecified atom stereocenters. The van der Waals surface area contributed by atoms with Gasteiger partial charge in [-0.05, 0) is 30.5 Å².